The normalized spacial score (nSPS) is 23.2. The number of rotatable bonds is 1. The average Bonchev–Trinajstić information content (AvgIpc) is 2.27. The predicted molar refractivity (Wildman–Crippen MR) is 63.4 cm³/mol. The highest BCUT2D eigenvalue weighted by Crippen LogP contribution is 2.39. The molecule has 1 heterocycles. The zero-order valence-corrected chi connectivity index (χ0v) is 9.47. The highest BCUT2D eigenvalue weighted by Gasteiger charge is 2.31. The van der Waals surface area contributed by atoms with E-state index in [4.69, 9.17) is 15.7 Å². The number of nitrogen functional groups attached to an aromatic ring is 1. The molecule has 0 aliphatic carbocycles. The summed E-state index contributed by atoms with van der Waals surface area (Å²) in [5.41, 5.74) is 7.48. The van der Waals surface area contributed by atoms with E-state index in [1.165, 1.54) is 0 Å². The van der Waals surface area contributed by atoms with Crippen molar-refractivity contribution in [1.82, 2.24) is 0 Å². The minimum Gasteiger partial charge on any atom is -0.483 e. The second-order valence-electron chi connectivity index (χ2n) is 4.07. The zero-order chi connectivity index (χ0) is 11.7. The van der Waals surface area contributed by atoms with Gasteiger partial charge >= 0.3 is 0 Å². The molecular weight excluding hydrogens is 202 g/mol. The van der Waals surface area contributed by atoms with Gasteiger partial charge in [-0.1, -0.05) is 6.07 Å². The van der Waals surface area contributed by atoms with Crippen molar-refractivity contribution in [3.63, 3.8) is 0 Å². The maximum absolute atomic E-state index is 8.76. The van der Waals surface area contributed by atoms with E-state index >= 15 is 0 Å². The monoisotopic (exact) mass is 217 g/mol. The minimum absolute atomic E-state index is 0.118. The van der Waals surface area contributed by atoms with Crippen molar-refractivity contribution >= 4 is 11.4 Å². The lowest BCUT2D eigenvalue weighted by molar-refractivity contribution is 0.166. The van der Waals surface area contributed by atoms with Gasteiger partial charge in [-0.3, -0.25) is 0 Å². The molecule has 2 N–H and O–H groups in total. The molecule has 0 radical (unpaired) electrons. The number of para-hydroxylation sites is 1. The van der Waals surface area contributed by atoms with Crippen molar-refractivity contribution in [2.24, 2.45) is 0 Å². The van der Waals surface area contributed by atoms with Gasteiger partial charge in [0.1, 0.15) is 6.10 Å². The summed E-state index contributed by atoms with van der Waals surface area (Å²) in [7, 11) is 2.00. The number of nitrogens with two attached hydrogens (primary N) is 1. The van der Waals surface area contributed by atoms with Crippen molar-refractivity contribution < 1.29 is 4.74 Å². The topological polar surface area (TPSA) is 62.3 Å². The van der Waals surface area contributed by atoms with Crippen LogP contribution >= 0.6 is 0 Å². The van der Waals surface area contributed by atoms with Crippen LogP contribution in [0.3, 0.4) is 0 Å². The van der Waals surface area contributed by atoms with Gasteiger partial charge < -0.3 is 15.4 Å². The first kappa shape index (κ1) is 10.6. The molecule has 1 aromatic rings. The number of nitriles is 1. The fraction of sp³-hybridized carbons (Fsp3) is 0.417. The molecule has 1 aromatic carbocycles. The van der Waals surface area contributed by atoms with E-state index < -0.39 is 0 Å². The Hall–Kier alpha value is -1.89. The Morgan fingerprint density at radius 1 is 1.56 bits per heavy atom. The minimum atomic E-state index is -0.118. The maximum atomic E-state index is 8.76. The molecule has 16 heavy (non-hydrogen) atoms. The first-order chi connectivity index (χ1) is 7.65. The Morgan fingerprint density at radius 2 is 2.31 bits per heavy atom. The molecule has 1 aliphatic heterocycles. The predicted octanol–water partition coefficient (Wildman–Crippen LogP) is 1.77. The SMILES string of the molecule is CC1C(CC#N)Oc2c(N)cccc2N1C. The van der Waals surface area contributed by atoms with Crippen LogP contribution in [0.2, 0.25) is 0 Å². The van der Waals surface area contributed by atoms with Crippen molar-refractivity contribution in [3.05, 3.63) is 18.2 Å². The van der Waals surface area contributed by atoms with E-state index in [0.29, 0.717) is 17.9 Å². The molecule has 0 saturated heterocycles. The highest BCUT2D eigenvalue weighted by molar-refractivity contribution is 5.71. The second-order valence-corrected chi connectivity index (χ2v) is 4.07. The Kier molecular flexibility index (Phi) is 2.61. The van der Waals surface area contributed by atoms with Gasteiger partial charge in [-0.15, -0.1) is 0 Å². The maximum Gasteiger partial charge on any atom is 0.166 e. The van der Waals surface area contributed by atoms with Crippen molar-refractivity contribution in [1.29, 1.82) is 5.26 Å². The molecule has 0 spiro atoms. The second kappa shape index (κ2) is 3.93. The van der Waals surface area contributed by atoms with Gasteiger partial charge in [-0.2, -0.15) is 5.26 Å². The van der Waals surface area contributed by atoms with Crippen LogP contribution in [0, 0.1) is 11.3 Å². The molecule has 0 fully saturated rings. The van der Waals surface area contributed by atoms with Crippen LogP contribution in [0.15, 0.2) is 18.2 Å². The summed E-state index contributed by atoms with van der Waals surface area (Å²) < 4.78 is 5.80. The number of likely N-dealkylation sites (N-methyl/N-ethyl adjacent to an activating group) is 1. The van der Waals surface area contributed by atoms with E-state index in [9.17, 15) is 0 Å². The Morgan fingerprint density at radius 3 is 3.00 bits per heavy atom. The molecule has 4 heteroatoms. The Labute approximate surface area is 95.2 Å². The van der Waals surface area contributed by atoms with Crippen LogP contribution in [-0.4, -0.2) is 19.2 Å². The van der Waals surface area contributed by atoms with Crippen LogP contribution in [0.25, 0.3) is 0 Å². The quantitative estimate of drug-likeness (QED) is 0.728. The molecule has 2 atom stereocenters. The van der Waals surface area contributed by atoms with Gasteiger partial charge in [0.15, 0.2) is 5.75 Å². The van der Waals surface area contributed by atoms with Crippen LogP contribution in [-0.2, 0) is 0 Å². The molecule has 0 aromatic heterocycles. The molecule has 0 amide bonds. The van der Waals surface area contributed by atoms with E-state index in [1.54, 1.807) is 0 Å². The molecule has 2 unspecified atom stereocenters. The van der Waals surface area contributed by atoms with Gasteiger partial charge in [0.25, 0.3) is 0 Å². The first-order valence-electron chi connectivity index (χ1n) is 5.30. The van der Waals surface area contributed by atoms with Gasteiger partial charge in [-0.25, -0.2) is 0 Å². The molecule has 2 rings (SSSR count). The van der Waals surface area contributed by atoms with E-state index in [-0.39, 0.29) is 12.1 Å². The van der Waals surface area contributed by atoms with Gasteiger partial charge in [0.05, 0.1) is 29.9 Å². The van der Waals surface area contributed by atoms with Crippen molar-refractivity contribution in [2.75, 3.05) is 17.7 Å². The number of ether oxygens (including phenoxy) is 1. The molecule has 0 bridgehead atoms. The number of fused-ring (bicyclic) bond motifs is 1. The summed E-state index contributed by atoms with van der Waals surface area (Å²) >= 11 is 0. The number of hydrogen-bond acceptors (Lipinski definition) is 4. The number of benzene rings is 1. The van der Waals surface area contributed by atoms with Gasteiger partial charge in [0, 0.05) is 7.05 Å². The Bertz CT molecular complexity index is 438. The first-order valence-corrected chi connectivity index (χ1v) is 5.30. The summed E-state index contributed by atoms with van der Waals surface area (Å²) in [4.78, 5) is 2.11. The molecule has 0 saturated carbocycles. The fourth-order valence-corrected chi connectivity index (χ4v) is 1.97. The summed E-state index contributed by atoms with van der Waals surface area (Å²) in [5, 5.41) is 8.76. The summed E-state index contributed by atoms with van der Waals surface area (Å²) in [5.74, 6) is 0.698. The smallest absolute Gasteiger partial charge is 0.166 e. The van der Waals surface area contributed by atoms with Crippen molar-refractivity contribution in [2.45, 2.75) is 25.5 Å². The Balaban J connectivity index is 2.41. The fourth-order valence-electron chi connectivity index (χ4n) is 1.97. The number of anilines is 2. The van der Waals surface area contributed by atoms with Crippen LogP contribution < -0.4 is 15.4 Å². The van der Waals surface area contributed by atoms with E-state index in [0.717, 1.165) is 5.69 Å². The van der Waals surface area contributed by atoms with Crippen molar-refractivity contribution in [3.8, 4) is 11.8 Å². The molecular formula is C12H15N3O. The lowest BCUT2D eigenvalue weighted by Crippen LogP contribution is -2.45. The third-order valence-corrected chi connectivity index (χ3v) is 3.12. The lowest BCUT2D eigenvalue weighted by atomic mass is 10.0. The standard InChI is InChI=1S/C12H15N3O/c1-8-11(6-7-13)16-12-9(14)4-3-5-10(12)15(8)2/h3-5,8,11H,6,14H2,1-2H3. The van der Waals surface area contributed by atoms with E-state index in [2.05, 4.69) is 11.0 Å². The number of hydrogen-bond donors (Lipinski definition) is 1. The average molecular weight is 217 g/mol. The van der Waals surface area contributed by atoms with E-state index in [1.807, 2.05) is 32.2 Å². The summed E-state index contributed by atoms with van der Waals surface area (Å²) in [6, 6.07) is 8.02. The zero-order valence-electron chi connectivity index (χ0n) is 9.47. The largest absolute Gasteiger partial charge is 0.483 e. The molecule has 1 aliphatic rings. The van der Waals surface area contributed by atoms with Crippen LogP contribution in [0.4, 0.5) is 11.4 Å². The summed E-state index contributed by atoms with van der Waals surface area (Å²) in [6.45, 7) is 2.05. The summed E-state index contributed by atoms with van der Waals surface area (Å²) in [6.07, 6.45) is 0.256. The molecule has 84 valence electrons. The number of nitrogens with zero attached hydrogens (tertiary/aromatic N) is 2. The molecule has 4 nitrogen and oxygen atoms in total. The third-order valence-electron chi connectivity index (χ3n) is 3.12. The van der Waals surface area contributed by atoms with Gasteiger partial charge in [-0.05, 0) is 19.1 Å². The highest BCUT2D eigenvalue weighted by atomic mass is 16.5. The van der Waals surface area contributed by atoms with Crippen LogP contribution in [0.1, 0.15) is 13.3 Å². The lowest BCUT2D eigenvalue weighted by Gasteiger charge is -2.39. The third kappa shape index (κ3) is 1.54. The van der Waals surface area contributed by atoms with Crippen LogP contribution in [0.5, 0.6) is 5.75 Å². The van der Waals surface area contributed by atoms with Gasteiger partial charge in [0.2, 0.25) is 0 Å².